The molecule has 184 valence electrons. The highest BCUT2D eigenvalue weighted by molar-refractivity contribution is 7.99. The lowest BCUT2D eigenvalue weighted by molar-refractivity contribution is -0.159. The van der Waals surface area contributed by atoms with Crippen LogP contribution < -0.4 is 10.1 Å². The average Bonchev–Trinajstić information content (AvgIpc) is 3.57. The first-order chi connectivity index (χ1) is 17.4. The molecule has 3 heterocycles. The van der Waals surface area contributed by atoms with Gasteiger partial charge in [0.05, 0.1) is 16.9 Å². The smallest absolute Gasteiger partial charge is 0.414 e. The predicted octanol–water partition coefficient (Wildman–Crippen LogP) is 3.81. The number of aliphatic carboxylic acids is 2. The molecule has 0 radical (unpaired) electrons. The van der Waals surface area contributed by atoms with Crippen LogP contribution in [0.4, 0.5) is 0 Å². The van der Waals surface area contributed by atoms with Gasteiger partial charge in [-0.25, -0.2) is 9.59 Å². The molecule has 0 spiro atoms. The number of carboxylic acids is 2. The van der Waals surface area contributed by atoms with Crippen LogP contribution in [0.5, 0.6) is 5.75 Å². The molecule has 1 fully saturated rings. The number of hydrogen-bond acceptors (Lipinski definition) is 7. The minimum atomic E-state index is -1.82. The molecule has 2 aromatic heterocycles. The second-order valence-corrected chi connectivity index (χ2v) is 8.96. The van der Waals surface area contributed by atoms with Crippen LogP contribution >= 0.6 is 11.8 Å². The number of carboxylic acid groups (broad SMARTS) is 2. The maximum atomic E-state index is 13.3. The molecule has 1 unspecified atom stereocenters. The zero-order valence-electron chi connectivity index (χ0n) is 19.0. The van der Waals surface area contributed by atoms with Crippen LogP contribution in [0.1, 0.15) is 21.3 Å². The normalized spacial score (nSPS) is 16.7. The summed E-state index contributed by atoms with van der Waals surface area (Å²) < 4.78 is 7.82. The molecular weight excluding hydrogens is 482 g/mol. The summed E-state index contributed by atoms with van der Waals surface area (Å²) in [6, 6.07) is 21.6. The van der Waals surface area contributed by atoms with Gasteiger partial charge in [-0.3, -0.25) is 19.7 Å². The third-order valence-electron chi connectivity index (χ3n) is 5.40. The quantitative estimate of drug-likeness (QED) is 0.347. The molecule has 1 saturated heterocycles. The van der Waals surface area contributed by atoms with Crippen LogP contribution in [0.15, 0.2) is 85.3 Å². The van der Waals surface area contributed by atoms with Gasteiger partial charge in [0.1, 0.15) is 12.4 Å². The number of rotatable bonds is 5. The molecule has 0 aliphatic carbocycles. The maximum absolute atomic E-state index is 13.3. The summed E-state index contributed by atoms with van der Waals surface area (Å²) in [6.07, 6.45) is 5.44. The Bertz CT molecular complexity index is 1350. The van der Waals surface area contributed by atoms with Gasteiger partial charge in [0, 0.05) is 29.7 Å². The summed E-state index contributed by atoms with van der Waals surface area (Å²) >= 11 is 1.73. The lowest BCUT2D eigenvalue weighted by Crippen LogP contribution is -2.37. The fourth-order valence-electron chi connectivity index (χ4n) is 3.70. The second-order valence-electron chi connectivity index (χ2n) is 7.82. The van der Waals surface area contributed by atoms with Crippen LogP contribution in [0.2, 0.25) is 0 Å². The van der Waals surface area contributed by atoms with Crippen molar-refractivity contribution in [3.63, 3.8) is 0 Å². The molecule has 4 aromatic rings. The summed E-state index contributed by atoms with van der Waals surface area (Å²) in [5.74, 6) is -2.20. The van der Waals surface area contributed by atoms with Crippen molar-refractivity contribution in [2.45, 2.75) is 18.0 Å². The first-order valence-electron chi connectivity index (χ1n) is 11.0. The zero-order chi connectivity index (χ0) is 25.5. The van der Waals surface area contributed by atoms with E-state index in [0.29, 0.717) is 18.1 Å². The van der Waals surface area contributed by atoms with Crippen molar-refractivity contribution in [1.82, 2.24) is 14.9 Å². The number of hydrogen-bond donors (Lipinski definition) is 3. The van der Waals surface area contributed by atoms with Crippen molar-refractivity contribution in [3.8, 4) is 5.75 Å². The van der Waals surface area contributed by atoms with Crippen LogP contribution in [0.3, 0.4) is 0 Å². The lowest BCUT2D eigenvalue weighted by Gasteiger charge is -2.15. The number of pyridine rings is 1. The monoisotopic (exact) mass is 505 g/mol. The Labute approximate surface area is 210 Å². The second kappa shape index (κ2) is 11.5. The third-order valence-corrected chi connectivity index (χ3v) is 6.67. The Hall–Kier alpha value is -4.15. The van der Waals surface area contributed by atoms with Gasteiger partial charge in [0.2, 0.25) is 5.91 Å². The van der Waals surface area contributed by atoms with Crippen molar-refractivity contribution < 1.29 is 29.3 Å². The molecule has 0 bridgehead atoms. The Morgan fingerprint density at radius 1 is 1.00 bits per heavy atom. The van der Waals surface area contributed by atoms with Crippen LogP contribution in [-0.2, 0) is 16.2 Å². The summed E-state index contributed by atoms with van der Waals surface area (Å²) in [5.41, 5.74) is 2.99. The first-order valence-corrected chi connectivity index (χ1v) is 12.0. The van der Waals surface area contributed by atoms with Gasteiger partial charge in [-0.2, -0.15) is 0 Å². The van der Waals surface area contributed by atoms with E-state index < -0.39 is 11.9 Å². The number of ether oxygens (including phenoxy) is 1. The molecule has 0 saturated carbocycles. The van der Waals surface area contributed by atoms with Crippen molar-refractivity contribution >= 4 is 40.5 Å². The summed E-state index contributed by atoms with van der Waals surface area (Å²) in [4.78, 5) is 35.7. The topological polar surface area (TPSA) is 131 Å². The maximum Gasteiger partial charge on any atom is 0.414 e. The average molecular weight is 506 g/mol. The molecule has 2 aromatic carbocycles. The van der Waals surface area contributed by atoms with E-state index in [4.69, 9.17) is 24.5 Å². The van der Waals surface area contributed by atoms with E-state index in [2.05, 4.69) is 10.3 Å². The highest BCUT2D eigenvalue weighted by atomic mass is 32.2. The van der Waals surface area contributed by atoms with E-state index in [1.807, 2.05) is 79.1 Å². The summed E-state index contributed by atoms with van der Waals surface area (Å²) in [7, 11) is 0. The van der Waals surface area contributed by atoms with E-state index in [1.54, 1.807) is 22.5 Å². The van der Waals surface area contributed by atoms with Gasteiger partial charge < -0.3 is 14.9 Å². The van der Waals surface area contributed by atoms with Crippen molar-refractivity contribution in [2.24, 2.45) is 0 Å². The minimum absolute atomic E-state index is 0.0275. The van der Waals surface area contributed by atoms with E-state index in [9.17, 15) is 4.79 Å². The highest BCUT2D eigenvalue weighted by Gasteiger charge is 2.32. The van der Waals surface area contributed by atoms with Gasteiger partial charge in [0.15, 0.2) is 0 Å². The van der Waals surface area contributed by atoms with Crippen LogP contribution in [0.25, 0.3) is 10.9 Å². The fourth-order valence-corrected chi connectivity index (χ4v) is 4.92. The molecule has 5 rings (SSSR count). The SMILES string of the molecule is O=C(O)C(=O)O.O=C([C@@H]1CSC(c2cccnc2)N1)n1ccc2cccc(OCc3ccccc3)c21. The number of para-hydroxylation sites is 1. The van der Waals surface area contributed by atoms with Gasteiger partial charge in [0.25, 0.3) is 0 Å². The summed E-state index contributed by atoms with van der Waals surface area (Å²) in [5, 5.41) is 19.3. The molecule has 1 aliphatic rings. The van der Waals surface area contributed by atoms with Gasteiger partial charge in [-0.15, -0.1) is 11.8 Å². The Kier molecular flexibility index (Phi) is 7.99. The number of carbonyl (C=O) groups is 3. The Morgan fingerprint density at radius 3 is 2.47 bits per heavy atom. The number of fused-ring (bicyclic) bond motifs is 1. The number of thioether (sulfide) groups is 1. The Morgan fingerprint density at radius 2 is 1.78 bits per heavy atom. The molecule has 0 amide bonds. The van der Waals surface area contributed by atoms with Crippen LogP contribution in [0, 0.1) is 0 Å². The molecule has 10 heteroatoms. The number of carbonyl (C=O) groups excluding carboxylic acids is 1. The number of nitrogens with zero attached hydrogens (tertiary/aromatic N) is 2. The van der Waals surface area contributed by atoms with Gasteiger partial charge in [-0.05, 0) is 29.3 Å². The molecule has 36 heavy (non-hydrogen) atoms. The molecule has 2 atom stereocenters. The molecule has 9 nitrogen and oxygen atoms in total. The summed E-state index contributed by atoms with van der Waals surface area (Å²) in [6.45, 7) is 0.458. The van der Waals surface area contributed by atoms with E-state index in [1.165, 1.54) is 0 Å². The minimum Gasteiger partial charge on any atom is -0.487 e. The van der Waals surface area contributed by atoms with E-state index >= 15 is 0 Å². The van der Waals surface area contributed by atoms with Crippen LogP contribution in [-0.4, -0.2) is 49.4 Å². The third kappa shape index (κ3) is 5.91. The fraction of sp³-hybridized carbons (Fsp3) is 0.154. The highest BCUT2D eigenvalue weighted by Crippen LogP contribution is 2.34. The number of benzene rings is 2. The number of aromatic nitrogens is 2. The van der Waals surface area contributed by atoms with Gasteiger partial charge in [-0.1, -0.05) is 48.5 Å². The first kappa shape index (κ1) is 25.0. The van der Waals surface area contributed by atoms with Crippen molar-refractivity contribution in [1.29, 1.82) is 0 Å². The molecule has 1 aliphatic heterocycles. The van der Waals surface area contributed by atoms with Crippen molar-refractivity contribution in [3.05, 3.63) is 96.4 Å². The van der Waals surface area contributed by atoms with E-state index in [0.717, 1.165) is 22.0 Å². The molecular formula is C26H23N3O6S. The predicted molar refractivity (Wildman–Crippen MR) is 135 cm³/mol. The molecule has 3 N–H and O–H groups in total. The largest absolute Gasteiger partial charge is 0.487 e. The van der Waals surface area contributed by atoms with Crippen molar-refractivity contribution in [2.75, 3.05) is 5.75 Å². The van der Waals surface area contributed by atoms with E-state index in [-0.39, 0.29) is 17.3 Å². The lowest BCUT2D eigenvalue weighted by atomic mass is 10.2. The Balaban J connectivity index is 0.000000455. The number of nitrogens with one attached hydrogen (secondary N) is 1. The standard InChI is InChI=1S/C24H21N3O2S.C2H2O4/c28-24(20-16-30-23(26-20)19-9-5-12-25-14-19)27-13-11-18-8-4-10-21(22(18)27)29-15-17-6-2-1-3-7-17;3-1(4)2(5)6/h1-14,20,23,26H,15-16H2;(H,3,4)(H,5,6)/t20-,23?;/m0./s1. The van der Waals surface area contributed by atoms with Gasteiger partial charge >= 0.3 is 11.9 Å². The zero-order valence-corrected chi connectivity index (χ0v) is 19.8.